The first-order valence-corrected chi connectivity index (χ1v) is 7.70. The summed E-state index contributed by atoms with van der Waals surface area (Å²) in [6, 6.07) is -0.420. The molecule has 1 fully saturated rings. The molecule has 0 saturated heterocycles. The molecule has 0 spiro atoms. The van der Waals surface area contributed by atoms with E-state index < -0.39 is 18.2 Å². The summed E-state index contributed by atoms with van der Waals surface area (Å²) in [5.41, 5.74) is 6.83. The maximum Gasteiger partial charge on any atom is 0.165 e. The Kier molecular flexibility index (Phi) is 3.33. The number of aliphatic hydroxyl groups is 3. The van der Waals surface area contributed by atoms with Crippen molar-refractivity contribution in [3.63, 3.8) is 0 Å². The molecule has 0 amide bonds. The van der Waals surface area contributed by atoms with Crippen molar-refractivity contribution in [3.05, 3.63) is 24.8 Å². The van der Waals surface area contributed by atoms with Crippen LogP contribution < -0.4 is 5.73 Å². The van der Waals surface area contributed by atoms with Crippen molar-refractivity contribution in [2.45, 2.75) is 24.7 Å². The van der Waals surface area contributed by atoms with E-state index in [1.54, 1.807) is 10.9 Å². The largest absolute Gasteiger partial charge is 0.396 e. The molecule has 0 aromatic carbocycles. The standard InChI is InChI=1S/C15H19N5O3/c16-14-10-15(18-5-17-14)20(6-19-10)11-9-7(4-21)2-1-3-8(9)12(22)13(11)23/h1,3,5-9,11-13,21-23H,2,4H2,(H2,16,17,18)/t7-,8+,9-,11-,12-,13+/m1/s1. The third-order valence-electron chi connectivity index (χ3n) is 5.22. The second-order valence-electron chi connectivity index (χ2n) is 6.32. The zero-order chi connectivity index (χ0) is 16.1. The zero-order valence-electron chi connectivity index (χ0n) is 12.4. The maximum absolute atomic E-state index is 10.6. The van der Waals surface area contributed by atoms with Gasteiger partial charge in [0.15, 0.2) is 11.5 Å². The van der Waals surface area contributed by atoms with Crippen LogP contribution in [0.15, 0.2) is 24.8 Å². The summed E-state index contributed by atoms with van der Waals surface area (Å²) in [4.78, 5) is 12.4. The smallest absolute Gasteiger partial charge is 0.165 e. The van der Waals surface area contributed by atoms with E-state index in [9.17, 15) is 15.3 Å². The number of fused-ring (bicyclic) bond motifs is 2. The minimum atomic E-state index is -0.963. The van der Waals surface area contributed by atoms with Gasteiger partial charge in [-0.1, -0.05) is 12.2 Å². The summed E-state index contributed by atoms with van der Waals surface area (Å²) in [7, 11) is 0. The molecule has 1 saturated carbocycles. The molecule has 2 aromatic heterocycles. The normalized spacial score (nSPS) is 36.5. The Morgan fingerprint density at radius 1 is 1.22 bits per heavy atom. The predicted molar refractivity (Wildman–Crippen MR) is 82.1 cm³/mol. The second-order valence-corrected chi connectivity index (χ2v) is 6.32. The van der Waals surface area contributed by atoms with Gasteiger partial charge in [0, 0.05) is 12.5 Å². The van der Waals surface area contributed by atoms with Gasteiger partial charge >= 0.3 is 0 Å². The van der Waals surface area contributed by atoms with Crippen LogP contribution in [-0.4, -0.2) is 53.7 Å². The van der Waals surface area contributed by atoms with E-state index >= 15 is 0 Å². The second kappa shape index (κ2) is 5.26. The SMILES string of the molecule is Nc1ncnc2c1ncn2[C@H]1[C@H](O)[C@H](O)[C@H]2C=CC[C@H](CO)[C@H]21. The number of allylic oxidation sites excluding steroid dienone is 1. The molecule has 23 heavy (non-hydrogen) atoms. The van der Waals surface area contributed by atoms with E-state index in [4.69, 9.17) is 5.73 Å². The van der Waals surface area contributed by atoms with Crippen LogP contribution in [0.2, 0.25) is 0 Å². The minimum absolute atomic E-state index is 0.00516. The van der Waals surface area contributed by atoms with Crippen LogP contribution in [0, 0.1) is 17.8 Å². The van der Waals surface area contributed by atoms with Gasteiger partial charge in [-0.25, -0.2) is 15.0 Å². The Balaban J connectivity index is 1.85. The first-order chi connectivity index (χ1) is 11.1. The maximum atomic E-state index is 10.6. The number of aromatic nitrogens is 4. The third kappa shape index (κ3) is 1.99. The summed E-state index contributed by atoms with van der Waals surface area (Å²) in [6.45, 7) is 0.00516. The molecule has 2 aliphatic carbocycles. The molecule has 6 atom stereocenters. The minimum Gasteiger partial charge on any atom is -0.396 e. The van der Waals surface area contributed by atoms with Gasteiger partial charge in [-0.05, 0) is 18.3 Å². The Hall–Kier alpha value is -2.03. The number of nitrogens with zero attached hydrogens (tertiary/aromatic N) is 4. The van der Waals surface area contributed by atoms with Crippen LogP contribution in [0.1, 0.15) is 12.5 Å². The van der Waals surface area contributed by atoms with Crippen LogP contribution in [0.4, 0.5) is 5.82 Å². The van der Waals surface area contributed by atoms with Gasteiger partial charge in [-0.2, -0.15) is 0 Å². The van der Waals surface area contributed by atoms with E-state index in [-0.39, 0.29) is 30.2 Å². The van der Waals surface area contributed by atoms with Crippen LogP contribution in [0.5, 0.6) is 0 Å². The highest BCUT2D eigenvalue weighted by atomic mass is 16.3. The number of nitrogens with two attached hydrogens (primary N) is 1. The quantitative estimate of drug-likeness (QED) is 0.548. The highest BCUT2D eigenvalue weighted by molar-refractivity contribution is 5.81. The lowest BCUT2D eigenvalue weighted by molar-refractivity contribution is 0.0136. The van der Waals surface area contributed by atoms with Crippen LogP contribution in [0.3, 0.4) is 0 Å². The van der Waals surface area contributed by atoms with Crippen LogP contribution in [-0.2, 0) is 0 Å². The van der Waals surface area contributed by atoms with Crippen molar-refractivity contribution in [1.82, 2.24) is 19.5 Å². The molecule has 0 bridgehead atoms. The molecule has 2 heterocycles. The Bertz CT molecular complexity index is 761. The molecule has 2 aliphatic rings. The average molecular weight is 317 g/mol. The molecule has 0 aliphatic heterocycles. The Morgan fingerprint density at radius 3 is 2.83 bits per heavy atom. The lowest BCUT2D eigenvalue weighted by Crippen LogP contribution is -2.32. The lowest BCUT2D eigenvalue weighted by atomic mass is 9.76. The molecular formula is C15H19N5O3. The molecule has 2 aromatic rings. The average Bonchev–Trinajstić information content (AvgIpc) is 3.09. The molecule has 0 unspecified atom stereocenters. The molecular weight excluding hydrogens is 298 g/mol. The summed E-state index contributed by atoms with van der Waals surface area (Å²) in [6.07, 6.45) is 5.71. The summed E-state index contributed by atoms with van der Waals surface area (Å²) in [5.74, 6) is -0.0415. The van der Waals surface area contributed by atoms with Gasteiger partial charge in [0.2, 0.25) is 0 Å². The molecule has 5 N–H and O–H groups in total. The lowest BCUT2D eigenvalue weighted by Gasteiger charge is -2.33. The summed E-state index contributed by atoms with van der Waals surface area (Å²) in [5, 5.41) is 30.8. The van der Waals surface area contributed by atoms with Crippen molar-refractivity contribution in [3.8, 4) is 0 Å². The van der Waals surface area contributed by atoms with Crippen molar-refractivity contribution < 1.29 is 15.3 Å². The van der Waals surface area contributed by atoms with Gasteiger partial charge in [-0.3, -0.25) is 0 Å². The first kappa shape index (κ1) is 14.6. The molecule has 122 valence electrons. The van der Waals surface area contributed by atoms with Gasteiger partial charge in [0.05, 0.1) is 18.5 Å². The Morgan fingerprint density at radius 2 is 2.04 bits per heavy atom. The van der Waals surface area contributed by atoms with Crippen molar-refractivity contribution >= 4 is 17.0 Å². The first-order valence-electron chi connectivity index (χ1n) is 7.70. The highest BCUT2D eigenvalue weighted by Gasteiger charge is 2.53. The number of anilines is 1. The number of imidazole rings is 1. The molecule has 8 nitrogen and oxygen atoms in total. The van der Waals surface area contributed by atoms with E-state index in [1.165, 1.54) is 6.33 Å². The van der Waals surface area contributed by atoms with Gasteiger partial charge < -0.3 is 25.6 Å². The number of nitrogen functional groups attached to an aromatic ring is 1. The van der Waals surface area contributed by atoms with E-state index in [0.717, 1.165) is 6.42 Å². The van der Waals surface area contributed by atoms with Crippen molar-refractivity contribution in [1.29, 1.82) is 0 Å². The van der Waals surface area contributed by atoms with E-state index in [2.05, 4.69) is 15.0 Å². The summed E-state index contributed by atoms with van der Waals surface area (Å²) < 4.78 is 1.76. The Labute approximate surface area is 132 Å². The van der Waals surface area contributed by atoms with E-state index in [0.29, 0.717) is 11.2 Å². The van der Waals surface area contributed by atoms with Gasteiger partial charge in [-0.15, -0.1) is 0 Å². The van der Waals surface area contributed by atoms with Crippen LogP contribution >= 0.6 is 0 Å². The molecule has 0 radical (unpaired) electrons. The molecule has 8 heteroatoms. The molecule has 4 rings (SSSR count). The van der Waals surface area contributed by atoms with Crippen molar-refractivity contribution in [2.75, 3.05) is 12.3 Å². The predicted octanol–water partition coefficient (Wildman–Crippen LogP) is -0.514. The fourth-order valence-electron chi connectivity index (χ4n) is 4.15. The fourth-order valence-corrected chi connectivity index (χ4v) is 4.15. The van der Waals surface area contributed by atoms with Gasteiger partial charge in [0.1, 0.15) is 17.9 Å². The number of hydrogen-bond donors (Lipinski definition) is 4. The number of aliphatic hydroxyl groups excluding tert-OH is 3. The topological polar surface area (TPSA) is 130 Å². The van der Waals surface area contributed by atoms with E-state index in [1.807, 2.05) is 12.2 Å². The number of rotatable bonds is 2. The van der Waals surface area contributed by atoms with Gasteiger partial charge in [0.25, 0.3) is 0 Å². The monoisotopic (exact) mass is 317 g/mol. The fraction of sp³-hybridized carbons (Fsp3) is 0.533. The third-order valence-corrected chi connectivity index (χ3v) is 5.22. The highest BCUT2D eigenvalue weighted by Crippen LogP contribution is 2.49. The number of hydrogen-bond acceptors (Lipinski definition) is 7. The zero-order valence-corrected chi connectivity index (χ0v) is 12.4. The summed E-state index contributed by atoms with van der Waals surface area (Å²) >= 11 is 0. The van der Waals surface area contributed by atoms with Crippen molar-refractivity contribution in [2.24, 2.45) is 17.8 Å². The van der Waals surface area contributed by atoms with Crippen LogP contribution in [0.25, 0.3) is 11.2 Å².